The Kier molecular flexibility index (Phi) is 3.49. The minimum Gasteiger partial charge on any atom is -0.399 e. The van der Waals surface area contributed by atoms with Crippen molar-refractivity contribution in [3.05, 3.63) is 29.8 Å². The van der Waals surface area contributed by atoms with E-state index in [0.29, 0.717) is 0 Å². The zero-order valence-corrected chi connectivity index (χ0v) is 10.3. The van der Waals surface area contributed by atoms with E-state index in [-0.39, 0.29) is 0 Å². The van der Waals surface area contributed by atoms with Gasteiger partial charge in [0.05, 0.1) is 0 Å². The zero-order chi connectivity index (χ0) is 11.5. The van der Waals surface area contributed by atoms with Crippen molar-refractivity contribution in [1.82, 2.24) is 4.90 Å². The molecule has 0 amide bonds. The lowest BCUT2D eigenvalue weighted by atomic mass is 9.88. The fraction of sp³-hybridized carbons (Fsp3) is 0.571. The van der Waals surface area contributed by atoms with Gasteiger partial charge in [0.15, 0.2) is 0 Å². The predicted octanol–water partition coefficient (Wildman–Crippen LogP) is 2.40. The van der Waals surface area contributed by atoms with Gasteiger partial charge in [-0.05, 0) is 36.0 Å². The third-order valence-electron chi connectivity index (χ3n) is 3.62. The molecule has 0 radical (unpaired) electrons. The van der Waals surface area contributed by atoms with Gasteiger partial charge in [-0.15, -0.1) is 0 Å². The van der Waals surface area contributed by atoms with E-state index in [1.54, 1.807) is 0 Å². The summed E-state index contributed by atoms with van der Waals surface area (Å²) in [6, 6.07) is 8.24. The summed E-state index contributed by atoms with van der Waals surface area (Å²) >= 11 is 0. The first kappa shape index (κ1) is 11.5. The molecular formula is C14H22N2. The molecule has 0 spiro atoms. The second kappa shape index (κ2) is 4.88. The van der Waals surface area contributed by atoms with Gasteiger partial charge in [-0.25, -0.2) is 0 Å². The van der Waals surface area contributed by atoms with Crippen molar-refractivity contribution < 1.29 is 0 Å². The van der Waals surface area contributed by atoms with Crippen LogP contribution in [-0.2, 0) is 6.42 Å². The Morgan fingerprint density at radius 2 is 1.88 bits per heavy atom. The number of hydrogen-bond donors (Lipinski definition) is 1. The molecule has 2 heteroatoms. The second-order valence-electron chi connectivity index (χ2n) is 5.26. The van der Waals surface area contributed by atoms with Gasteiger partial charge in [-0.1, -0.05) is 26.0 Å². The zero-order valence-electron chi connectivity index (χ0n) is 10.3. The SMILES string of the molecule is CC(C)C1CN(CCc2ccc(N)cc2)C1. The Bertz CT molecular complexity index is 323. The van der Waals surface area contributed by atoms with Crippen molar-refractivity contribution in [2.75, 3.05) is 25.4 Å². The maximum atomic E-state index is 5.66. The lowest BCUT2D eigenvalue weighted by Gasteiger charge is -2.41. The highest BCUT2D eigenvalue weighted by Gasteiger charge is 2.28. The Balaban J connectivity index is 1.71. The molecule has 0 aromatic heterocycles. The van der Waals surface area contributed by atoms with Crippen molar-refractivity contribution in [1.29, 1.82) is 0 Å². The smallest absolute Gasteiger partial charge is 0.0314 e. The predicted molar refractivity (Wildman–Crippen MR) is 69.3 cm³/mol. The van der Waals surface area contributed by atoms with Crippen molar-refractivity contribution in [2.24, 2.45) is 11.8 Å². The molecule has 16 heavy (non-hydrogen) atoms. The summed E-state index contributed by atoms with van der Waals surface area (Å²) < 4.78 is 0. The van der Waals surface area contributed by atoms with E-state index < -0.39 is 0 Å². The number of likely N-dealkylation sites (tertiary alicyclic amines) is 1. The van der Waals surface area contributed by atoms with Crippen LogP contribution in [-0.4, -0.2) is 24.5 Å². The second-order valence-corrected chi connectivity index (χ2v) is 5.26. The van der Waals surface area contributed by atoms with Crippen molar-refractivity contribution in [3.8, 4) is 0 Å². The monoisotopic (exact) mass is 218 g/mol. The fourth-order valence-corrected chi connectivity index (χ4v) is 2.19. The standard InChI is InChI=1S/C14H22N2/c1-11(2)13-9-16(10-13)8-7-12-3-5-14(15)6-4-12/h3-6,11,13H,7-10,15H2,1-2H3. The van der Waals surface area contributed by atoms with Crippen molar-refractivity contribution in [2.45, 2.75) is 20.3 Å². The van der Waals surface area contributed by atoms with E-state index in [0.717, 1.165) is 23.9 Å². The maximum Gasteiger partial charge on any atom is 0.0314 e. The number of nitrogens with two attached hydrogens (primary N) is 1. The summed E-state index contributed by atoms with van der Waals surface area (Å²) in [5.74, 6) is 1.76. The Morgan fingerprint density at radius 3 is 2.44 bits per heavy atom. The molecule has 0 bridgehead atoms. The van der Waals surface area contributed by atoms with E-state index in [9.17, 15) is 0 Å². The Labute approximate surface area is 98.4 Å². The molecule has 1 aromatic rings. The minimum absolute atomic E-state index is 0.841. The number of nitrogens with zero attached hydrogens (tertiary/aromatic N) is 1. The molecule has 0 aliphatic carbocycles. The molecule has 1 aromatic carbocycles. The maximum absolute atomic E-state index is 5.66. The Morgan fingerprint density at radius 1 is 1.25 bits per heavy atom. The highest BCUT2D eigenvalue weighted by molar-refractivity contribution is 5.39. The van der Waals surface area contributed by atoms with E-state index >= 15 is 0 Å². The quantitative estimate of drug-likeness (QED) is 0.786. The number of benzene rings is 1. The summed E-state index contributed by atoms with van der Waals surface area (Å²) in [4.78, 5) is 2.54. The summed E-state index contributed by atoms with van der Waals surface area (Å²) in [7, 11) is 0. The highest BCUT2D eigenvalue weighted by Crippen LogP contribution is 2.23. The van der Waals surface area contributed by atoms with E-state index in [2.05, 4.69) is 30.9 Å². The molecule has 2 nitrogen and oxygen atoms in total. The van der Waals surface area contributed by atoms with Crippen molar-refractivity contribution in [3.63, 3.8) is 0 Å². The van der Waals surface area contributed by atoms with Crippen LogP contribution >= 0.6 is 0 Å². The fourth-order valence-electron chi connectivity index (χ4n) is 2.19. The van der Waals surface area contributed by atoms with Crippen LogP contribution in [0.2, 0.25) is 0 Å². The first-order chi connectivity index (χ1) is 7.65. The molecule has 1 saturated heterocycles. The topological polar surface area (TPSA) is 29.3 Å². The van der Waals surface area contributed by atoms with E-state index in [1.807, 2.05) is 12.1 Å². The van der Waals surface area contributed by atoms with Gasteiger partial charge in [-0.3, -0.25) is 0 Å². The molecule has 0 unspecified atom stereocenters. The molecule has 1 heterocycles. The normalized spacial score (nSPS) is 17.7. The first-order valence-corrected chi connectivity index (χ1v) is 6.22. The lowest BCUT2D eigenvalue weighted by Crippen LogP contribution is -2.49. The summed E-state index contributed by atoms with van der Waals surface area (Å²) in [5.41, 5.74) is 7.91. The number of hydrogen-bond acceptors (Lipinski definition) is 2. The third kappa shape index (κ3) is 2.76. The van der Waals surface area contributed by atoms with Gasteiger partial charge in [0.25, 0.3) is 0 Å². The van der Waals surface area contributed by atoms with Gasteiger partial charge >= 0.3 is 0 Å². The molecule has 0 atom stereocenters. The van der Waals surface area contributed by atoms with Crippen LogP contribution in [0.25, 0.3) is 0 Å². The van der Waals surface area contributed by atoms with Gasteiger partial charge in [0.1, 0.15) is 0 Å². The van der Waals surface area contributed by atoms with Gasteiger partial charge in [-0.2, -0.15) is 0 Å². The molecular weight excluding hydrogens is 196 g/mol. The average molecular weight is 218 g/mol. The number of nitrogen functional groups attached to an aromatic ring is 1. The van der Waals surface area contributed by atoms with Crippen LogP contribution in [0, 0.1) is 11.8 Å². The molecule has 1 aliphatic heterocycles. The van der Waals surface area contributed by atoms with Crippen LogP contribution < -0.4 is 5.73 Å². The lowest BCUT2D eigenvalue weighted by molar-refractivity contribution is 0.0700. The largest absolute Gasteiger partial charge is 0.399 e. The first-order valence-electron chi connectivity index (χ1n) is 6.22. The Hall–Kier alpha value is -1.02. The van der Waals surface area contributed by atoms with E-state index in [1.165, 1.54) is 25.2 Å². The van der Waals surface area contributed by atoms with Crippen LogP contribution in [0.5, 0.6) is 0 Å². The third-order valence-corrected chi connectivity index (χ3v) is 3.62. The molecule has 0 saturated carbocycles. The summed E-state index contributed by atoms with van der Waals surface area (Å²) in [6.45, 7) is 8.40. The van der Waals surface area contributed by atoms with Crippen LogP contribution in [0.15, 0.2) is 24.3 Å². The van der Waals surface area contributed by atoms with Crippen LogP contribution in [0.3, 0.4) is 0 Å². The highest BCUT2D eigenvalue weighted by atomic mass is 15.2. The molecule has 2 N–H and O–H groups in total. The molecule has 1 aliphatic rings. The summed E-state index contributed by atoms with van der Waals surface area (Å²) in [5, 5.41) is 0. The number of anilines is 1. The molecule has 1 fully saturated rings. The number of rotatable bonds is 4. The minimum atomic E-state index is 0.841. The van der Waals surface area contributed by atoms with Crippen molar-refractivity contribution >= 4 is 5.69 Å². The van der Waals surface area contributed by atoms with Gasteiger partial charge < -0.3 is 10.6 Å². The summed E-state index contributed by atoms with van der Waals surface area (Å²) in [6.07, 6.45) is 1.14. The van der Waals surface area contributed by atoms with Gasteiger partial charge in [0, 0.05) is 25.3 Å². The van der Waals surface area contributed by atoms with Crippen LogP contribution in [0.4, 0.5) is 5.69 Å². The van der Waals surface area contributed by atoms with Gasteiger partial charge in [0.2, 0.25) is 0 Å². The van der Waals surface area contributed by atoms with Crippen LogP contribution in [0.1, 0.15) is 19.4 Å². The molecule has 2 rings (SSSR count). The average Bonchev–Trinajstić information content (AvgIpc) is 2.18. The van der Waals surface area contributed by atoms with E-state index in [4.69, 9.17) is 5.73 Å². The molecule has 88 valence electrons.